The molecule has 1 saturated heterocycles. The highest BCUT2D eigenvalue weighted by Crippen LogP contribution is 2.57. The van der Waals surface area contributed by atoms with Gasteiger partial charge in [-0.25, -0.2) is 4.79 Å². The van der Waals surface area contributed by atoms with Gasteiger partial charge in [-0.05, 0) is 31.0 Å². The van der Waals surface area contributed by atoms with Crippen molar-refractivity contribution in [3.8, 4) is 11.5 Å². The zero-order valence-electron chi connectivity index (χ0n) is 30.0. The topological polar surface area (TPSA) is 277 Å². The number of amides is 1. The highest BCUT2D eigenvalue weighted by Gasteiger charge is 2.73. The minimum absolute atomic E-state index is 0.00191. The number of rotatable bonds is 8. The van der Waals surface area contributed by atoms with Gasteiger partial charge in [-0.15, -0.1) is 0 Å². The summed E-state index contributed by atoms with van der Waals surface area (Å²) in [7, 11) is 4.59. The van der Waals surface area contributed by atoms with Crippen molar-refractivity contribution in [2.75, 3.05) is 35.0 Å². The van der Waals surface area contributed by atoms with E-state index < -0.39 is 147 Å². The Bertz CT molecular complexity index is 2060. The van der Waals surface area contributed by atoms with Gasteiger partial charge in [0.1, 0.15) is 35.4 Å². The fourth-order valence-corrected chi connectivity index (χ4v) is 8.16. The third-order valence-electron chi connectivity index (χ3n) is 10.6. The van der Waals surface area contributed by atoms with Crippen molar-refractivity contribution in [2.24, 2.45) is 10.7 Å². The van der Waals surface area contributed by atoms with Gasteiger partial charge in [-0.2, -0.15) is 0 Å². The smallest absolute Gasteiger partial charge is 0.341 e. The Morgan fingerprint density at radius 1 is 1.00 bits per heavy atom. The van der Waals surface area contributed by atoms with Gasteiger partial charge in [0.25, 0.3) is 5.91 Å². The van der Waals surface area contributed by atoms with Crippen LogP contribution >= 0.6 is 0 Å². The minimum Gasteiger partial charge on any atom is -0.506 e. The first-order valence-electron chi connectivity index (χ1n) is 16.6. The molecule has 2 aromatic rings. The van der Waals surface area contributed by atoms with E-state index in [0.717, 1.165) is 20.3 Å². The summed E-state index contributed by atoms with van der Waals surface area (Å²) in [6.45, 7) is 2.18. The van der Waals surface area contributed by atoms with Crippen LogP contribution in [0, 0.1) is 6.92 Å². The van der Waals surface area contributed by atoms with Crippen LogP contribution in [0.2, 0.25) is 0 Å². The molecule has 1 aliphatic heterocycles. The van der Waals surface area contributed by atoms with E-state index in [1.54, 1.807) is 6.92 Å². The van der Waals surface area contributed by atoms with E-state index in [-0.39, 0.29) is 16.7 Å². The Hall–Kier alpha value is -4.95. The number of hydrogen-bond donors (Lipinski definition) is 5. The van der Waals surface area contributed by atoms with Crippen LogP contribution < -0.4 is 10.5 Å². The molecule has 3 aliphatic carbocycles. The van der Waals surface area contributed by atoms with E-state index >= 15 is 0 Å². The molecule has 0 bridgehead atoms. The first-order chi connectivity index (χ1) is 25.5. The molecule has 288 valence electrons. The molecule has 54 heavy (non-hydrogen) atoms. The Balaban J connectivity index is 1.58. The highest BCUT2D eigenvalue weighted by atomic mass is 16.6. The molecule has 0 spiro atoms. The fourth-order valence-electron chi connectivity index (χ4n) is 8.16. The quantitative estimate of drug-likeness (QED) is 0.208. The zero-order valence-corrected chi connectivity index (χ0v) is 30.0. The molecule has 8 atom stereocenters. The van der Waals surface area contributed by atoms with Crippen LogP contribution in [-0.2, 0) is 40.5 Å². The Morgan fingerprint density at radius 3 is 2.26 bits per heavy atom. The molecule has 0 saturated carbocycles. The van der Waals surface area contributed by atoms with Crippen molar-refractivity contribution in [1.82, 2.24) is 0 Å². The molecule has 1 heterocycles. The number of Topliss-reactive ketones (excluding diaryl/α,β-unsaturated/α-hetero) is 4. The number of hydrogen-bond acceptors (Lipinski definition) is 17. The van der Waals surface area contributed by atoms with Gasteiger partial charge < -0.3 is 54.6 Å². The predicted octanol–water partition coefficient (Wildman–Crippen LogP) is -0.734. The standard InChI is InChI=1S/C36H38N2O16/c1-12-7-14-8-19(40)36(52-6)32(46)23-16(31(45)35(36,48)24(14)29(53-11-20(37)41)21(12)34(47)51-5)9-15-22(26(23)43)18(39)10-17(25(15)42)38-33-30(50-4)27(44)28(49-3)13(2)54-33/h7,9,13,19,27-28,30,33,40,43-44,48H,8,10-11H2,1-6H3,(H2,37,41)/t13-,19+,27+,28-,30+,33?,35-,36+/m0/s1. The largest absolute Gasteiger partial charge is 0.506 e. The van der Waals surface area contributed by atoms with Crippen LogP contribution in [0.4, 0.5) is 0 Å². The van der Waals surface area contributed by atoms with E-state index in [4.69, 9.17) is 34.2 Å². The number of esters is 1. The van der Waals surface area contributed by atoms with Gasteiger partial charge in [-0.3, -0.25) is 29.0 Å². The van der Waals surface area contributed by atoms with Crippen LogP contribution in [0.15, 0.2) is 17.1 Å². The number of nitrogens with zero attached hydrogens (tertiary/aromatic N) is 1. The first kappa shape index (κ1) is 38.8. The van der Waals surface area contributed by atoms with E-state index in [1.807, 2.05) is 0 Å². The number of aliphatic hydroxyl groups excluding tert-OH is 2. The first-order valence-corrected chi connectivity index (χ1v) is 16.6. The maximum absolute atomic E-state index is 14.9. The number of primary amides is 1. The lowest BCUT2D eigenvalue weighted by Gasteiger charge is -2.53. The van der Waals surface area contributed by atoms with Crippen molar-refractivity contribution in [3.63, 3.8) is 0 Å². The molecule has 6 N–H and O–H groups in total. The second kappa shape index (κ2) is 13.7. The van der Waals surface area contributed by atoms with Crippen molar-refractivity contribution in [3.05, 3.63) is 56.6 Å². The number of carbonyl (C=O) groups excluding carboxylic acids is 6. The van der Waals surface area contributed by atoms with Gasteiger partial charge in [0.05, 0.1) is 42.6 Å². The molecule has 18 nitrogen and oxygen atoms in total. The summed E-state index contributed by atoms with van der Waals surface area (Å²) in [5.74, 6) is -8.33. The molecule has 1 fully saturated rings. The Labute approximate surface area is 306 Å². The molecule has 1 amide bonds. The second-order valence-corrected chi connectivity index (χ2v) is 13.4. The molecule has 6 rings (SSSR count). The molecule has 18 heteroatoms. The fraction of sp³-hybridized carbons (Fsp3) is 0.472. The number of methoxy groups -OCH3 is 4. The number of fused-ring (bicyclic) bond motifs is 5. The Kier molecular flexibility index (Phi) is 9.85. The number of phenols is 1. The number of ketones is 4. The van der Waals surface area contributed by atoms with Crippen LogP contribution in [0.5, 0.6) is 11.5 Å². The normalized spacial score (nSPS) is 31.0. The predicted molar refractivity (Wildman–Crippen MR) is 180 cm³/mol. The SMILES string of the molecule is COC(=O)c1c(C)cc2c(c1OCC(N)=O)[C@]1(O)C(=O)c3cc4c(c(O)c3C(=O)[C@]1(OC)[C@H](O)C2)C(=O)CC(=NC1O[C@@H](C)[C@H](OC)[C@@H](O)[C@H]1OC)C4=O. The number of aryl methyl sites for hydroxylation is 1. The van der Waals surface area contributed by atoms with Crippen molar-refractivity contribution in [1.29, 1.82) is 0 Å². The molecular weight excluding hydrogens is 716 g/mol. The van der Waals surface area contributed by atoms with E-state index in [9.17, 15) is 49.2 Å². The molecule has 2 aromatic carbocycles. The third kappa shape index (κ3) is 5.24. The average molecular weight is 755 g/mol. The molecule has 0 aromatic heterocycles. The van der Waals surface area contributed by atoms with Crippen molar-refractivity contribution < 1.29 is 77.6 Å². The monoisotopic (exact) mass is 754 g/mol. The number of aliphatic hydroxyl groups is 3. The van der Waals surface area contributed by atoms with E-state index in [0.29, 0.717) is 0 Å². The number of carbonyl (C=O) groups is 6. The molecule has 4 aliphatic rings. The summed E-state index contributed by atoms with van der Waals surface area (Å²) in [4.78, 5) is 86.5. The second-order valence-electron chi connectivity index (χ2n) is 13.4. The number of benzene rings is 2. The summed E-state index contributed by atoms with van der Waals surface area (Å²) < 4.78 is 32.6. The number of ether oxygens (including phenoxy) is 6. The lowest BCUT2D eigenvalue weighted by Crippen LogP contribution is -2.73. The number of phenolic OH excluding ortho intramolecular Hbond substituents is 1. The molecular formula is C36H38N2O16. The number of aromatic hydroxyl groups is 1. The van der Waals surface area contributed by atoms with Crippen molar-refractivity contribution >= 4 is 40.7 Å². The lowest BCUT2D eigenvalue weighted by molar-refractivity contribution is -0.228. The average Bonchev–Trinajstić information content (AvgIpc) is 3.11. The van der Waals surface area contributed by atoms with Gasteiger partial charge in [-0.1, -0.05) is 6.07 Å². The Morgan fingerprint density at radius 2 is 1.67 bits per heavy atom. The number of nitrogens with two attached hydrogens (primary N) is 1. The highest BCUT2D eigenvalue weighted by molar-refractivity contribution is 6.53. The zero-order chi connectivity index (χ0) is 39.8. The maximum atomic E-state index is 14.9. The van der Waals surface area contributed by atoms with Crippen LogP contribution in [0.3, 0.4) is 0 Å². The molecule has 1 unspecified atom stereocenters. The summed E-state index contributed by atoms with van der Waals surface area (Å²) in [6.07, 6.45) is -8.42. The minimum atomic E-state index is -3.27. The summed E-state index contributed by atoms with van der Waals surface area (Å²) in [5.41, 5.74) is -4.79. The van der Waals surface area contributed by atoms with E-state index in [2.05, 4.69) is 4.99 Å². The van der Waals surface area contributed by atoms with Crippen LogP contribution in [-0.4, -0.2) is 139 Å². The van der Waals surface area contributed by atoms with Gasteiger partial charge in [0.2, 0.25) is 17.3 Å². The van der Waals surface area contributed by atoms with Crippen LogP contribution in [0.25, 0.3) is 0 Å². The summed E-state index contributed by atoms with van der Waals surface area (Å²) in [5, 5.41) is 46.8. The molecule has 0 radical (unpaired) electrons. The number of aliphatic imine (C=N–C) groups is 1. The van der Waals surface area contributed by atoms with Crippen molar-refractivity contribution in [2.45, 2.75) is 74.6 Å². The summed E-state index contributed by atoms with van der Waals surface area (Å²) >= 11 is 0. The summed E-state index contributed by atoms with van der Waals surface area (Å²) in [6, 6.07) is 2.18. The maximum Gasteiger partial charge on any atom is 0.341 e. The van der Waals surface area contributed by atoms with Gasteiger partial charge >= 0.3 is 5.97 Å². The van der Waals surface area contributed by atoms with Gasteiger partial charge in [0, 0.05) is 44.4 Å². The lowest BCUT2D eigenvalue weighted by atomic mass is 9.56. The van der Waals surface area contributed by atoms with Gasteiger partial charge in [0.15, 0.2) is 29.8 Å². The van der Waals surface area contributed by atoms with E-state index in [1.165, 1.54) is 27.2 Å². The van der Waals surface area contributed by atoms with Crippen LogP contribution in [0.1, 0.15) is 81.8 Å². The third-order valence-corrected chi connectivity index (χ3v) is 10.6.